The highest BCUT2D eigenvalue weighted by molar-refractivity contribution is 5.98. The van der Waals surface area contributed by atoms with Gasteiger partial charge in [0.25, 0.3) is 5.91 Å². The van der Waals surface area contributed by atoms with Gasteiger partial charge in [-0.25, -0.2) is 0 Å². The number of hydrogen-bond acceptors (Lipinski definition) is 4. The number of amides is 2. The fourth-order valence-electron chi connectivity index (χ4n) is 2.95. The van der Waals surface area contributed by atoms with Crippen LogP contribution in [0.3, 0.4) is 0 Å². The molecule has 134 valence electrons. The molecule has 25 heavy (non-hydrogen) atoms. The molecular formula is C19H24N2O4. The van der Waals surface area contributed by atoms with Crippen LogP contribution in [0, 0.1) is 11.8 Å². The van der Waals surface area contributed by atoms with Crippen molar-refractivity contribution in [3.63, 3.8) is 0 Å². The first-order valence-corrected chi connectivity index (χ1v) is 8.86. The van der Waals surface area contributed by atoms with Gasteiger partial charge in [0.15, 0.2) is 6.61 Å². The number of nitrogens with one attached hydrogen (secondary N) is 1. The van der Waals surface area contributed by atoms with Gasteiger partial charge < -0.3 is 15.0 Å². The second kappa shape index (κ2) is 7.25. The Hall–Kier alpha value is -2.37. The zero-order valence-electron chi connectivity index (χ0n) is 14.7. The molecule has 0 spiro atoms. The molecule has 0 aromatic heterocycles. The van der Waals surface area contributed by atoms with E-state index in [0.29, 0.717) is 5.69 Å². The number of rotatable bonds is 5. The lowest BCUT2D eigenvalue weighted by Gasteiger charge is -2.30. The smallest absolute Gasteiger partial charge is 0.308 e. The van der Waals surface area contributed by atoms with Gasteiger partial charge in [0.2, 0.25) is 5.91 Å². The van der Waals surface area contributed by atoms with Crippen LogP contribution in [-0.4, -0.2) is 30.9 Å². The number of fused-ring (bicyclic) bond motifs is 1. The van der Waals surface area contributed by atoms with Crippen molar-refractivity contribution >= 4 is 29.2 Å². The summed E-state index contributed by atoms with van der Waals surface area (Å²) < 4.78 is 4.93. The number of carbonyl (C=O) groups excluding carboxylic acids is 3. The highest BCUT2D eigenvalue weighted by Gasteiger charge is 2.35. The lowest BCUT2D eigenvalue weighted by atomic mass is 10.0. The van der Waals surface area contributed by atoms with Gasteiger partial charge in [0.05, 0.1) is 5.92 Å². The number of aryl methyl sites for hydroxylation is 1. The summed E-state index contributed by atoms with van der Waals surface area (Å²) in [6.07, 6.45) is 3.80. The first-order chi connectivity index (χ1) is 12.0. The Balaban J connectivity index is 1.63. The van der Waals surface area contributed by atoms with Crippen LogP contribution in [0.4, 0.5) is 11.4 Å². The quantitative estimate of drug-likeness (QED) is 0.833. The van der Waals surface area contributed by atoms with Gasteiger partial charge in [-0.3, -0.25) is 14.4 Å². The van der Waals surface area contributed by atoms with Crippen LogP contribution in [0.15, 0.2) is 18.2 Å². The lowest BCUT2D eigenvalue weighted by molar-refractivity contribution is -0.150. The Morgan fingerprint density at radius 3 is 2.72 bits per heavy atom. The molecule has 6 heteroatoms. The number of nitrogens with zero attached hydrogens (tertiary/aromatic N) is 1. The molecule has 6 nitrogen and oxygen atoms in total. The number of benzene rings is 1. The topological polar surface area (TPSA) is 75.7 Å². The summed E-state index contributed by atoms with van der Waals surface area (Å²) in [5.74, 6) is -0.601. The number of anilines is 2. The van der Waals surface area contributed by atoms with E-state index >= 15 is 0 Å². The maximum atomic E-state index is 12.4. The lowest BCUT2D eigenvalue weighted by Crippen LogP contribution is -2.36. The Labute approximate surface area is 147 Å². The zero-order chi connectivity index (χ0) is 18.0. The Bertz CT molecular complexity index is 695. The summed E-state index contributed by atoms with van der Waals surface area (Å²) in [6, 6.07) is 5.59. The second-order valence-electron chi connectivity index (χ2n) is 7.02. The fraction of sp³-hybridized carbons (Fsp3) is 0.526. The van der Waals surface area contributed by atoms with E-state index in [9.17, 15) is 14.4 Å². The molecule has 0 bridgehead atoms. The molecule has 0 saturated heterocycles. The van der Waals surface area contributed by atoms with Crippen LogP contribution in [0.25, 0.3) is 0 Å². The predicted octanol–water partition coefficient (Wildman–Crippen LogP) is 2.51. The van der Waals surface area contributed by atoms with Crippen molar-refractivity contribution in [3.8, 4) is 0 Å². The van der Waals surface area contributed by atoms with Crippen LogP contribution in [0.5, 0.6) is 0 Å². The highest BCUT2D eigenvalue weighted by Crippen LogP contribution is 2.36. The molecule has 2 amide bonds. The molecule has 1 fully saturated rings. The average Bonchev–Trinajstić information content (AvgIpc) is 3.43. The van der Waals surface area contributed by atoms with Crippen LogP contribution < -0.4 is 10.2 Å². The molecule has 2 aliphatic rings. The molecule has 1 saturated carbocycles. The summed E-state index contributed by atoms with van der Waals surface area (Å²) in [4.78, 5) is 37.6. The number of hydrogen-bond donors (Lipinski definition) is 1. The van der Waals surface area contributed by atoms with Gasteiger partial charge in [0, 0.05) is 23.8 Å². The van der Waals surface area contributed by atoms with Crippen LogP contribution in [-0.2, 0) is 25.5 Å². The van der Waals surface area contributed by atoms with Gasteiger partial charge in [-0.2, -0.15) is 0 Å². The van der Waals surface area contributed by atoms with E-state index in [4.69, 9.17) is 4.74 Å². The zero-order valence-corrected chi connectivity index (χ0v) is 14.7. The summed E-state index contributed by atoms with van der Waals surface area (Å²) in [5, 5.41) is 2.75. The van der Waals surface area contributed by atoms with Crippen molar-refractivity contribution in [2.24, 2.45) is 11.8 Å². The van der Waals surface area contributed by atoms with Crippen LogP contribution in [0.1, 0.15) is 38.7 Å². The Morgan fingerprint density at radius 1 is 1.28 bits per heavy atom. The fourth-order valence-corrected chi connectivity index (χ4v) is 2.95. The number of esters is 1. The SMILES string of the molecule is CC(C)C(=O)OCC(=O)Nc1ccc2c(c1)CCCN2C(=O)C1CC1. The minimum absolute atomic E-state index is 0.195. The van der Waals surface area contributed by atoms with Crippen molar-refractivity contribution in [1.29, 1.82) is 0 Å². The van der Waals surface area contributed by atoms with E-state index < -0.39 is 5.97 Å². The van der Waals surface area contributed by atoms with Crippen molar-refractivity contribution in [2.75, 3.05) is 23.4 Å². The third-order valence-corrected chi connectivity index (χ3v) is 4.49. The first-order valence-electron chi connectivity index (χ1n) is 8.86. The minimum atomic E-state index is -0.394. The van der Waals surface area contributed by atoms with Gasteiger partial charge in [-0.1, -0.05) is 13.8 Å². The Kier molecular flexibility index (Phi) is 5.06. The minimum Gasteiger partial charge on any atom is -0.455 e. The number of ether oxygens (including phenoxy) is 1. The Morgan fingerprint density at radius 2 is 2.04 bits per heavy atom. The summed E-state index contributed by atoms with van der Waals surface area (Å²) in [7, 11) is 0. The third-order valence-electron chi connectivity index (χ3n) is 4.49. The highest BCUT2D eigenvalue weighted by atomic mass is 16.5. The third kappa shape index (κ3) is 4.18. The van der Waals surface area contributed by atoms with E-state index in [1.807, 2.05) is 17.0 Å². The molecule has 0 atom stereocenters. The number of carbonyl (C=O) groups is 3. The van der Waals surface area contributed by atoms with E-state index in [-0.39, 0.29) is 30.3 Å². The molecule has 1 aromatic rings. The van der Waals surface area contributed by atoms with Crippen molar-refractivity contribution in [2.45, 2.75) is 39.5 Å². The molecule has 0 radical (unpaired) electrons. The van der Waals surface area contributed by atoms with E-state index in [0.717, 1.165) is 43.5 Å². The van der Waals surface area contributed by atoms with Gasteiger partial charge >= 0.3 is 5.97 Å². The second-order valence-corrected chi connectivity index (χ2v) is 7.02. The monoisotopic (exact) mass is 344 g/mol. The first kappa shape index (κ1) is 17.5. The van der Waals surface area contributed by atoms with E-state index in [1.54, 1.807) is 19.9 Å². The van der Waals surface area contributed by atoms with Gasteiger partial charge in [-0.05, 0) is 49.4 Å². The molecular weight excluding hydrogens is 320 g/mol. The van der Waals surface area contributed by atoms with Gasteiger partial charge in [0.1, 0.15) is 0 Å². The normalized spacial score (nSPS) is 16.4. The van der Waals surface area contributed by atoms with E-state index in [2.05, 4.69) is 5.32 Å². The molecule has 1 N–H and O–H groups in total. The van der Waals surface area contributed by atoms with Crippen molar-refractivity contribution in [3.05, 3.63) is 23.8 Å². The summed E-state index contributed by atoms with van der Waals surface area (Å²) in [6.45, 7) is 3.91. The average molecular weight is 344 g/mol. The van der Waals surface area contributed by atoms with Gasteiger partial charge in [-0.15, -0.1) is 0 Å². The van der Waals surface area contributed by atoms with Crippen molar-refractivity contribution in [1.82, 2.24) is 0 Å². The van der Waals surface area contributed by atoms with Crippen LogP contribution >= 0.6 is 0 Å². The van der Waals surface area contributed by atoms with Crippen molar-refractivity contribution < 1.29 is 19.1 Å². The molecule has 1 heterocycles. The maximum Gasteiger partial charge on any atom is 0.308 e. The van der Waals surface area contributed by atoms with E-state index in [1.165, 1.54) is 0 Å². The molecule has 1 aliphatic carbocycles. The largest absolute Gasteiger partial charge is 0.455 e. The predicted molar refractivity (Wildman–Crippen MR) is 94.3 cm³/mol. The summed E-state index contributed by atoms with van der Waals surface area (Å²) in [5.41, 5.74) is 2.68. The molecule has 3 rings (SSSR count). The maximum absolute atomic E-state index is 12.4. The molecule has 0 unspecified atom stereocenters. The standard InChI is InChI=1S/C19H24N2O4/c1-12(2)19(24)25-11-17(22)20-15-7-8-16-14(10-15)4-3-9-21(16)18(23)13-5-6-13/h7-8,10,12-13H,3-6,9,11H2,1-2H3,(H,20,22). The summed E-state index contributed by atoms with van der Waals surface area (Å²) >= 11 is 0. The van der Waals surface area contributed by atoms with Crippen LogP contribution in [0.2, 0.25) is 0 Å². The molecule has 1 aliphatic heterocycles. The molecule has 1 aromatic carbocycles.